The van der Waals surface area contributed by atoms with Crippen molar-refractivity contribution >= 4 is 6.08 Å². The van der Waals surface area contributed by atoms with Crippen molar-refractivity contribution in [3.8, 4) is 0 Å². The van der Waals surface area contributed by atoms with Crippen molar-refractivity contribution < 1.29 is 0 Å². The summed E-state index contributed by atoms with van der Waals surface area (Å²) in [5.41, 5.74) is 1.29. The molecule has 2 heteroatoms. The first-order valence-electron chi connectivity index (χ1n) is 7.90. The third-order valence-electron chi connectivity index (χ3n) is 4.22. The lowest BCUT2D eigenvalue weighted by atomic mass is 10.1. The quantitative estimate of drug-likeness (QED) is 0.809. The average molecular weight is 272 g/mol. The predicted octanol–water partition coefficient (Wildman–Crippen LogP) is 3.50. The number of benzene rings is 1. The van der Waals surface area contributed by atoms with Gasteiger partial charge in [-0.2, -0.15) is 0 Å². The summed E-state index contributed by atoms with van der Waals surface area (Å²) in [4.78, 5) is 5.23. The Hall–Kier alpha value is -1.12. The van der Waals surface area contributed by atoms with Crippen LogP contribution >= 0.6 is 0 Å². The van der Waals surface area contributed by atoms with Crippen LogP contribution < -0.4 is 0 Å². The van der Waals surface area contributed by atoms with Gasteiger partial charge in [-0.05, 0) is 25.8 Å². The second-order valence-corrected chi connectivity index (χ2v) is 5.97. The van der Waals surface area contributed by atoms with Gasteiger partial charge in [-0.15, -0.1) is 0 Å². The van der Waals surface area contributed by atoms with Crippen molar-refractivity contribution in [2.75, 3.05) is 26.2 Å². The van der Waals surface area contributed by atoms with E-state index in [9.17, 15) is 0 Å². The van der Waals surface area contributed by atoms with Crippen molar-refractivity contribution in [1.29, 1.82) is 0 Å². The van der Waals surface area contributed by atoms with E-state index >= 15 is 0 Å². The predicted molar refractivity (Wildman–Crippen MR) is 87.8 cm³/mol. The average Bonchev–Trinajstić information content (AvgIpc) is 2.48. The van der Waals surface area contributed by atoms with Crippen LogP contribution in [0.15, 0.2) is 36.4 Å². The number of rotatable bonds is 5. The van der Waals surface area contributed by atoms with Crippen molar-refractivity contribution in [3.05, 3.63) is 42.0 Å². The van der Waals surface area contributed by atoms with Crippen molar-refractivity contribution in [2.45, 2.75) is 39.3 Å². The van der Waals surface area contributed by atoms with Crippen LogP contribution in [0.4, 0.5) is 0 Å². The fraction of sp³-hybridized carbons (Fsp3) is 0.556. The van der Waals surface area contributed by atoms with Crippen molar-refractivity contribution in [1.82, 2.24) is 9.80 Å². The van der Waals surface area contributed by atoms with Crippen LogP contribution in [-0.4, -0.2) is 48.1 Å². The van der Waals surface area contributed by atoms with Crippen LogP contribution in [0.25, 0.3) is 6.08 Å². The molecule has 0 spiro atoms. The molecule has 1 atom stereocenters. The highest BCUT2D eigenvalue weighted by atomic mass is 15.3. The zero-order valence-corrected chi connectivity index (χ0v) is 13.1. The fourth-order valence-electron chi connectivity index (χ4n) is 3.04. The monoisotopic (exact) mass is 272 g/mol. The molecular weight excluding hydrogens is 244 g/mol. The molecule has 1 aliphatic rings. The van der Waals surface area contributed by atoms with Crippen LogP contribution in [-0.2, 0) is 0 Å². The van der Waals surface area contributed by atoms with Gasteiger partial charge in [-0.1, -0.05) is 49.4 Å². The number of hydrogen-bond acceptors (Lipinski definition) is 2. The molecule has 20 heavy (non-hydrogen) atoms. The molecule has 1 saturated heterocycles. The fourth-order valence-corrected chi connectivity index (χ4v) is 3.04. The summed E-state index contributed by atoms with van der Waals surface area (Å²) in [7, 11) is 0. The van der Waals surface area contributed by atoms with E-state index < -0.39 is 0 Å². The van der Waals surface area contributed by atoms with E-state index in [0.29, 0.717) is 12.1 Å². The van der Waals surface area contributed by atoms with Gasteiger partial charge in [0.1, 0.15) is 0 Å². The van der Waals surface area contributed by atoms with Gasteiger partial charge in [0.25, 0.3) is 0 Å². The molecule has 0 amide bonds. The Morgan fingerprint density at radius 1 is 1.20 bits per heavy atom. The first-order valence-corrected chi connectivity index (χ1v) is 7.90. The number of nitrogens with zero attached hydrogens (tertiary/aromatic N) is 2. The van der Waals surface area contributed by atoms with Crippen molar-refractivity contribution in [2.24, 2.45) is 0 Å². The first kappa shape index (κ1) is 15.3. The summed E-state index contributed by atoms with van der Waals surface area (Å²) in [6.07, 6.45) is 5.78. The maximum Gasteiger partial charge on any atom is 0.0223 e. The molecule has 0 N–H and O–H groups in total. The molecule has 2 rings (SSSR count). The Kier molecular flexibility index (Phi) is 5.81. The lowest BCUT2D eigenvalue weighted by Crippen LogP contribution is -2.55. The van der Waals surface area contributed by atoms with Crippen LogP contribution in [0.2, 0.25) is 0 Å². The largest absolute Gasteiger partial charge is 0.297 e. The zero-order valence-electron chi connectivity index (χ0n) is 13.1. The summed E-state index contributed by atoms with van der Waals surface area (Å²) in [5, 5.41) is 0. The number of piperazine rings is 1. The molecule has 110 valence electrons. The molecule has 1 heterocycles. The van der Waals surface area contributed by atoms with E-state index in [1.165, 1.54) is 31.6 Å². The Bertz CT molecular complexity index is 411. The summed E-state index contributed by atoms with van der Waals surface area (Å²) in [6.45, 7) is 11.6. The lowest BCUT2D eigenvalue weighted by Gasteiger charge is -2.43. The molecule has 1 aromatic rings. The molecule has 0 aliphatic carbocycles. The minimum atomic E-state index is 0.668. The highest BCUT2D eigenvalue weighted by Crippen LogP contribution is 2.15. The molecule has 1 unspecified atom stereocenters. The standard InChI is InChI=1S/C18H28N2/c1-4-18-15-19(13-14-20(18)16(2)3)12-8-11-17-9-6-5-7-10-17/h5-11,16,18H,4,12-15H2,1-3H3/b11-8+. The van der Waals surface area contributed by atoms with Gasteiger partial charge in [-0.25, -0.2) is 0 Å². The topological polar surface area (TPSA) is 6.48 Å². The van der Waals surface area contributed by atoms with Gasteiger partial charge in [-0.3, -0.25) is 9.80 Å². The van der Waals surface area contributed by atoms with E-state index in [-0.39, 0.29) is 0 Å². The Morgan fingerprint density at radius 2 is 1.95 bits per heavy atom. The highest BCUT2D eigenvalue weighted by molar-refractivity contribution is 5.48. The van der Waals surface area contributed by atoms with Gasteiger partial charge in [0.15, 0.2) is 0 Å². The zero-order chi connectivity index (χ0) is 14.4. The van der Waals surface area contributed by atoms with E-state index in [0.717, 1.165) is 6.54 Å². The van der Waals surface area contributed by atoms with Crippen LogP contribution in [0.5, 0.6) is 0 Å². The molecule has 1 aromatic carbocycles. The third kappa shape index (κ3) is 4.19. The normalized spacial score (nSPS) is 21.9. The van der Waals surface area contributed by atoms with Gasteiger partial charge < -0.3 is 0 Å². The lowest BCUT2D eigenvalue weighted by molar-refractivity contribution is 0.0553. The maximum absolute atomic E-state index is 2.65. The highest BCUT2D eigenvalue weighted by Gasteiger charge is 2.26. The van der Waals surface area contributed by atoms with Crippen LogP contribution in [0.1, 0.15) is 32.8 Å². The van der Waals surface area contributed by atoms with Crippen LogP contribution in [0.3, 0.4) is 0 Å². The molecule has 2 nitrogen and oxygen atoms in total. The van der Waals surface area contributed by atoms with Gasteiger partial charge >= 0.3 is 0 Å². The Labute approximate surface area is 124 Å². The van der Waals surface area contributed by atoms with Gasteiger partial charge in [0.05, 0.1) is 0 Å². The molecule has 0 aromatic heterocycles. The van der Waals surface area contributed by atoms with Gasteiger partial charge in [0.2, 0.25) is 0 Å². The Morgan fingerprint density at radius 3 is 2.60 bits per heavy atom. The van der Waals surface area contributed by atoms with Crippen molar-refractivity contribution in [3.63, 3.8) is 0 Å². The summed E-state index contributed by atoms with van der Waals surface area (Å²) in [6, 6.07) is 11.9. The first-order chi connectivity index (χ1) is 9.70. The second kappa shape index (κ2) is 7.61. The smallest absolute Gasteiger partial charge is 0.0223 e. The SMILES string of the molecule is CCC1CN(C/C=C/c2ccccc2)CCN1C(C)C. The summed E-state index contributed by atoms with van der Waals surface area (Å²) in [5.74, 6) is 0. The van der Waals surface area contributed by atoms with Gasteiger partial charge in [0, 0.05) is 38.3 Å². The molecule has 1 aliphatic heterocycles. The summed E-state index contributed by atoms with van der Waals surface area (Å²) < 4.78 is 0. The molecule has 1 fully saturated rings. The van der Waals surface area contributed by atoms with E-state index in [2.05, 4.69) is 73.1 Å². The Balaban J connectivity index is 1.84. The minimum Gasteiger partial charge on any atom is -0.297 e. The third-order valence-corrected chi connectivity index (χ3v) is 4.22. The maximum atomic E-state index is 2.65. The molecule has 0 bridgehead atoms. The summed E-state index contributed by atoms with van der Waals surface area (Å²) >= 11 is 0. The molecule has 0 radical (unpaired) electrons. The van der Waals surface area contributed by atoms with E-state index in [4.69, 9.17) is 0 Å². The van der Waals surface area contributed by atoms with E-state index in [1.807, 2.05) is 0 Å². The molecular formula is C18H28N2. The second-order valence-electron chi connectivity index (χ2n) is 5.97. The van der Waals surface area contributed by atoms with E-state index in [1.54, 1.807) is 0 Å². The van der Waals surface area contributed by atoms with Crippen LogP contribution in [0, 0.1) is 0 Å². The number of hydrogen-bond donors (Lipinski definition) is 0. The minimum absolute atomic E-state index is 0.668. The molecule has 0 saturated carbocycles.